The Morgan fingerprint density at radius 3 is 2.31 bits per heavy atom. The highest BCUT2D eigenvalue weighted by Crippen LogP contribution is 2.11. The quantitative estimate of drug-likeness (QED) is 0.326. The molecule has 2 unspecified atom stereocenters. The molecule has 3 heteroatoms. The maximum atomic E-state index is 5.53. The third-order valence-corrected chi connectivity index (χ3v) is 3.16. The van der Waals surface area contributed by atoms with E-state index in [0.717, 1.165) is 12.8 Å². The lowest BCUT2D eigenvalue weighted by atomic mass is 10.0. The van der Waals surface area contributed by atoms with Crippen molar-refractivity contribution in [1.29, 1.82) is 0 Å². The molecule has 98 valence electrons. The third-order valence-electron chi connectivity index (χ3n) is 3.16. The van der Waals surface area contributed by atoms with Gasteiger partial charge in [-0.15, -0.1) is 0 Å². The molecule has 0 aliphatic rings. The highest BCUT2D eigenvalue weighted by atomic mass is 16.5. The molecule has 0 spiro atoms. The summed E-state index contributed by atoms with van der Waals surface area (Å²) in [7, 11) is 1.75. The molecule has 0 amide bonds. The van der Waals surface area contributed by atoms with Crippen molar-refractivity contribution in [2.75, 3.05) is 7.11 Å². The number of methoxy groups -OCH3 is 1. The van der Waals surface area contributed by atoms with Crippen LogP contribution in [-0.4, -0.2) is 19.3 Å². The Kier molecular flexibility index (Phi) is 11.3. The zero-order chi connectivity index (χ0) is 12.2. The number of hydrogen-bond acceptors (Lipinski definition) is 3. The first-order valence-electron chi connectivity index (χ1n) is 6.73. The molecule has 2 atom stereocenters. The zero-order valence-electron chi connectivity index (χ0n) is 11.3. The van der Waals surface area contributed by atoms with Crippen LogP contribution in [0.1, 0.15) is 65.2 Å². The fourth-order valence-corrected chi connectivity index (χ4v) is 1.94. The van der Waals surface area contributed by atoms with Crippen molar-refractivity contribution in [2.45, 2.75) is 77.4 Å². The fourth-order valence-electron chi connectivity index (χ4n) is 1.94. The van der Waals surface area contributed by atoms with Gasteiger partial charge in [0.2, 0.25) is 0 Å². The number of rotatable bonds is 11. The zero-order valence-corrected chi connectivity index (χ0v) is 11.3. The number of nitrogens with one attached hydrogen (secondary N) is 1. The van der Waals surface area contributed by atoms with Crippen molar-refractivity contribution in [3.8, 4) is 0 Å². The van der Waals surface area contributed by atoms with Crippen molar-refractivity contribution in [3.05, 3.63) is 0 Å². The Hall–Kier alpha value is -0.120. The summed E-state index contributed by atoms with van der Waals surface area (Å²) in [6, 6.07) is 0.404. The predicted molar refractivity (Wildman–Crippen MR) is 70.2 cm³/mol. The van der Waals surface area contributed by atoms with E-state index in [4.69, 9.17) is 10.6 Å². The second kappa shape index (κ2) is 11.4. The van der Waals surface area contributed by atoms with Gasteiger partial charge in [0.1, 0.15) is 0 Å². The van der Waals surface area contributed by atoms with Gasteiger partial charge in [-0.05, 0) is 19.8 Å². The minimum atomic E-state index is 0.293. The molecule has 0 fully saturated rings. The van der Waals surface area contributed by atoms with E-state index in [1.165, 1.54) is 38.5 Å². The lowest BCUT2D eigenvalue weighted by Crippen LogP contribution is -2.37. The van der Waals surface area contributed by atoms with Gasteiger partial charge in [0.25, 0.3) is 0 Å². The molecule has 0 bridgehead atoms. The molecule has 0 aromatic carbocycles. The van der Waals surface area contributed by atoms with Gasteiger partial charge in [0, 0.05) is 13.2 Å². The lowest BCUT2D eigenvalue weighted by Gasteiger charge is -2.19. The summed E-state index contributed by atoms with van der Waals surface area (Å²) in [5.74, 6) is 5.53. The van der Waals surface area contributed by atoms with E-state index in [9.17, 15) is 0 Å². The van der Waals surface area contributed by atoms with Crippen molar-refractivity contribution < 1.29 is 4.74 Å². The van der Waals surface area contributed by atoms with Gasteiger partial charge < -0.3 is 4.74 Å². The summed E-state index contributed by atoms with van der Waals surface area (Å²) in [4.78, 5) is 0. The van der Waals surface area contributed by atoms with Crippen LogP contribution < -0.4 is 11.3 Å². The number of unbranched alkanes of at least 4 members (excludes halogenated alkanes) is 5. The van der Waals surface area contributed by atoms with Gasteiger partial charge in [0.05, 0.1) is 6.10 Å². The molecule has 0 radical (unpaired) electrons. The van der Waals surface area contributed by atoms with Crippen LogP contribution in [-0.2, 0) is 4.74 Å². The van der Waals surface area contributed by atoms with Crippen LogP contribution in [0.5, 0.6) is 0 Å². The second-order valence-corrected chi connectivity index (χ2v) is 4.70. The van der Waals surface area contributed by atoms with Crippen LogP contribution in [0, 0.1) is 0 Å². The minimum Gasteiger partial charge on any atom is -0.382 e. The summed E-state index contributed by atoms with van der Waals surface area (Å²) >= 11 is 0. The first-order valence-corrected chi connectivity index (χ1v) is 6.73. The summed E-state index contributed by atoms with van der Waals surface area (Å²) in [5, 5.41) is 0. The summed E-state index contributed by atoms with van der Waals surface area (Å²) in [6.45, 7) is 4.34. The van der Waals surface area contributed by atoms with Crippen molar-refractivity contribution >= 4 is 0 Å². The Bertz CT molecular complexity index is 142. The van der Waals surface area contributed by atoms with Crippen LogP contribution in [0.3, 0.4) is 0 Å². The Morgan fingerprint density at radius 1 is 1.12 bits per heavy atom. The third kappa shape index (κ3) is 9.13. The second-order valence-electron chi connectivity index (χ2n) is 4.70. The van der Waals surface area contributed by atoms with Gasteiger partial charge in [-0.25, -0.2) is 0 Å². The normalized spacial score (nSPS) is 15.0. The standard InChI is InChI=1S/C13H30N2O/c1-4-5-6-7-8-9-10-13(15-14)11-12(2)16-3/h12-13,15H,4-11,14H2,1-3H3. The van der Waals surface area contributed by atoms with Crippen LogP contribution in [0.2, 0.25) is 0 Å². The number of hydrazine groups is 1. The average molecular weight is 230 g/mol. The molecule has 0 aromatic rings. The fraction of sp³-hybridized carbons (Fsp3) is 1.00. The summed E-state index contributed by atoms with van der Waals surface area (Å²) in [6.07, 6.45) is 10.5. The summed E-state index contributed by atoms with van der Waals surface area (Å²) in [5.41, 5.74) is 2.89. The molecule has 0 rings (SSSR count). The molecule has 0 aromatic heterocycles. The maximum Gasteiger partial charge on any atom is 0.0558 e. The van der Waals surface area contributed by atoms with Crippen LogP contribution in [0.15, 0.2) is 0 Å². The lowest BCUT2D eigenvalue weighted by molar-refractivity contribution is 0.0989. The smallest absolute Gasteiger partial charge is 0.0558 e. The molecule has 0 heterocycles. The minimum absolute atomic E-state index is 0.293. The van der Waals surface area contributed by atoms with E-state index in [1.807, 2.05) is 0 Å². The molecule has 0 saturated heterocycles. The molecule has 16 heavy (non-hydrogen) atoms. The van der Waals surface area contributed by atoms with Gasteiger partial charge in [0.15, 0.2) is 0 Å². The molecule has 3 N–H and O–H groups in total. The molecule has 3 nitrogen and oxygen atoms in total. The molecular weight excluding hydrogens is 200 g/mol. The van der Waals surface area contributed by atoms with Crippen molar-refractivity contribution in [3.63, 3.8) is 0 Å². The number of hydrogen-bond donors (Lipinski definition) is 2. The molecule has 0 saturated carbocycles. The van der Waals surface area contributed by atoms with Crippen LogP contribution >= 0.6 is 0 Å². The topological polar surface area (TPSA) is 47.3 Å². The predicted octanol–water partition coefficient (Wildman–Crippen LogP) is 2.99. The SMILES string of the molecule is CCCCCCCCC(CC(C)OC)NN. The Labute approximate surface area is 101 Å². The van der Waals surface area contributed by atoms with E-state index in [0.29, 0.717) is 12.1 Å². The highest BCUT2D eigenvalue weighted by molar-refractivity contribution is 4.67. The first kappa shape index (κ1) is 15.9. The maximum absolute atomic E-state index is 5.53. The first-order chi connectivity index (χ1) is 7.74. The molecular formula is C13H30N2O. The van der Waals surface area contributed by atoms with E-state index in [-0.39, 0.29) is 0 Å². The van der Waals surface area contributed by atoms with Crippen LogP contribution in [0.25, 0.3) is 0 Å². The molecule has 0 aliphatic carbocycles. The van der Waals surface area contributed by atoms with E-state index in [2.05, 4.69) is 19.3 Å². The number of ether oxygens (including phenoxy) is 1. The monoisotopic (exact) mass is 230 g/mol. The highest BCUT2D eigenvalue weighted by Gasteiger charge is 2.10. The van der Waals surface area contributed by atoms with Crippen molar-refractivity contribution in [1.82, 2.24) is 5.43 Å². The van der Waals surface area contributed by atoms with Crippen LogP contribution in [0.4, 0.5) is 0 Å². The number of nitrogens with two attached hydrogens (primary N) is 1. The van der Waals surface area contributed by atoms with E-state index >= 15 is 0 Å². The largest absolute Gasteiger partial charge is 0.382 e. The van der Waals surface area contributed by atoms with Gasteiger partial charge in [-0.3, -0.25) is 11.3 Å². The Balaban J connectivity index is 3.40. The van der Waals surface area contributed by atoms with Crippen molar-refractivity contribution in [2.24, 2.45) is 5.84 Å². The average Bonchev–Trinajstić information content (AvgIpc) is 2.31. The van der Waals surface area contributed by atoms with E-state index in [1.54, 1.807) is 7.11 Å². The Morgan fingerprint density at radius 2 is 1.75 bits per heavy atom. The molecule has 0 aliphatic heterocycles. The van der Waals surface area contributed by atoms with Gasteiger partial charge in [-0.1, -0.05) is 45.4 Å². The van der Waals surface area contributed by atoms with Gasteiger partial charge in [-0.2, -0.15) is 0 Å². The van der Waals surface area contributed by atoms with Gasteiger partial charge >= 0.3 is 0 Å². The summed E-state index contributed by atoms with van der Waals surface area (Å²) < 4.78 is 5.25. The van der Waals surface area contributed by atoms with E-state index < -0.39 is 0 Å².